The smallest absolute Gasteiger partial charge is 0.236 e. The number of hydrogen-bond donors (Lipinski definition) is 1. The molecule has 1 aliphatic rings. The average molecular weight is 218 g/mol. The van der Waals surface area contributed by atoms with E-state index in [9.17, 15) is 4.79 Å². The molecule has 1 unspecified atom stereocenters. The lowest BCUT2D eigenvalue weighted by Crippen LogP contribution is -2.34. The Hall–Kier alpha value is -1.35. The number of fused-ring (bicyclic) bond motifs is 1. The Labute approximate surface area is 96.5 Å². The van der Waals surface area contributed by atoms with Crippen molar-refractivity contribution in [3.05, 3.63) is 35.4 Å². The number of nitrogens with zero attached hydrogens (tertiary/aromatic N) is 1. The molecule has 1 atom stereocenters. The molecule has 0 aromatic heterocycles. The van der Waals surface area contributed by atoms with E-state index in [4.69, 9.17) is 0 Å². The summed E-state index contributed by atoms with van der Waals surface area (Å²) in [5.41, 5.74) is 2.77. The molecule has 86 valence electrons. The van der Waals surface area contributed by atoms with Crippen LogP contribution in [0.5, 0.6) is 0 Å². The molecule has 16 heavy (non-hydrogen) atoms. The highest BCUT2D eigenvalue weighted by molar-refractivity contribution is 5.77. The maximum atomic E-state index is 11.5. The Kier molecular flexibility index (Phi) is 3.25. The van der Waals surface area contributed by atoms with Gasteiger partial charge in [-0.25, -0.2) is 0 Å². The maximum absolute atomic E-state index is 11.5. The van der Waals surface area contributed by atoms with Crippen LogP contribution in [0.4, 0.5) is 0 Å². The van der Waals surface area contributed by atoms with Gasteiger partial charge in [0, 0.05) is 20.1 Å². The Morgan fingerprint density at radius 1 is 1.44 bits per heavy atom. The molecule has 0 radical (unpaired) electrons. The van der Waals surface area contributed by atoms with Gasteiger partial charge in [0.15, 0.2) is 0 Å². The first-order valence-electron chi connectivity index (χ1n) is 5.70. The third kappa shape index (κ3) is 2.25. The van der Waals surface area contributed by atoms with Gasteiger partial charge in [0.2, 0.25) is 5.91 Å². The van der Waals surface area contributed by atoms with E-state index in [0.29, 0.717) is 12.6 Å². The fraction of sp³-hybridized carbons (Fsp3) is 0.462. The van der Waals surface area contributed by atoms with Crippen molar-refractivity contribution in [3.63, 3.8) is 0 Å². The van der Waals surface area contributed by atoms with Crippen molar-refractivity contribution in [1.29, 1.82) is 0 Å². The van der Waals surface area contributed by atoms with Gasteiger partial charge in [-0.05, 0) is 24.0 Å². The van der Waals surface area contributed by atoms with Gasteiger partial charge >= 0.3 is 0 Å². The van der Waals surface area contributed by atoms with Crippen LogP contribution in [0, 0.1) is 0 Å². The summed E-state index contributed by atoms with van der Waals surface area (Å²) >= 11 is 0. The van der Waals surface area contributed by atoms with Gasteiger partial charge < -0.3 is 10.2 Å². The predicted molar refractivity (Wildman–Crippen MR) is 64.2 cm³/mol. The number of aryl methyl sites for hydroxylation is 1. The molecule has 0 saturated carbocycles. The zero-order valence-electron chi connectivity index (χ0n) is 9.86. The van der Waals surface area contributed by atoms with E-state index in [0.717, 1.165) is 12.8 Å². The number of rotatable bonds is 3. The Bertz CT molecular complexity index is 387. The predicted octanol–water partition coefficient (Wildman–Crippen LogP) is 1.35. The minimum atomic E-state index is 0.129. The summed E-state index contributed by atoms with van der Waals surface area (Å²) in [4.78, 5) is 13.1. The fourth-order valence-electron chi connectivity index (χ4n) is 2.14. The Balaban J connectivity index is 1.96. The molecule has 0 aliphatic heterocycles. The van der Waals surface area contributed by atoms with Crippen LogP contribution in [0.25, 0.3) is 0 Å². The van der Waals surface area contributed by atoms with Crippen LogP contribution in [0.15, 0.2) is 24.3 Å². The highest BCUT2D eigenvalue weighted by atomic mass is 16.2. The molecule has 1 amide bonds. The molecule has 3 heteroatoms. The van der Waals surface area contributed by atoms with E-state index in [1.807, 2.05) is 0 Å². The molecule has 1 N–H and O–H groups in total. The lowest BCUT2D eigenvalue weighted by molar-refractivity contribution is -0.127. The van der Waals surface area contributed by atoms with Gasteiger partial charge in [-0.15, -0.1) is 0 Å². The van der Waals surface area contributed by atoms with Crippen LogP contribution < -0.4 is 5.32 Å². The molecular weight excluding hydrogens is 200 g/mol. The lowest BCUT2D eigenvalue weighted by Gasteiger charge is -2.16. The number of likely N-dealkylation sites (N-methyl/N-ethyl adjacent to an activating group) is 1. The highest BCUT2D eigenvalue weighted by Gasteiger charge is 2.21. The van der Waals surface area contributed by atoms with Crippen molar-refractivity contribution in [2.45, 2.75) is 18.9 Å². The number of carbonyl (C=O) groups is 1. The van der Waals surface area contributed by atoms with Crippen molar-refractivity contribution in [2.75, 3.05) is 20.6 Å². The van der Waals surface area contributed by atoms with Crippen LogP contribution >= 0.6 is 0 Å². The summed E-state index contributed by atoms with van der Waals surface area (Å²) in [5.74, 6) is 0.129. The van der Waals surface area contributed by atoms with Crippen LogP contribution in [-0.4, -0.2) is 31.4 Å². The Morgan fingerprint density at radius 3 is 2.94 bits per heavy atom. The normalized spacial score (nSPS) is 18.2. The average Bonchev–Trinajstić information content (AvgIpc) is 2.69. The first-order chi connectivity index (χ1) is 7.68. The summed E-state index contributed by atoms with van der Waals surface area (Å²) in [6.07, 6.45) is 2.21. The number of amides is 1. The van der Waals surface area contributed by atoms with Crippen molar-refractivity contribution in [1.82, 2.24) is 10.2 Å². The molecule has 1 aromatic carbocycles. The van der Waals surface area contributed by atoms with Gasteiger partial charge in [-0.1, -0.05) is 24.3 Å². The molecular formula is C13H18N2O. The van der Waals surface area contributed by atoms with Crippen LogP contribution in [0.1, 0.15) is 23.6 Å². The van der Waals surface area contributed by atoms with E-state index in [1.165, 1.54) is 11.1 Å². The third-order valence-electron chi connectivity index (χ3n) is 3.13. The second kappa shape index (κ2) is 4.66. The standard InChI is InChI=1S/C13H18N2O/c1-15(2)13(16)9-14-12-8-7-10-5-3-4-6-11(10)12/h3-6,12,14H,7-9H2,1-2H3. The minimum absolute atomic E-state index is 0.129. The van der Waals surface area contributed by atoms with Crippen molar-refractivity contribution in [3.8, 4) is 0 Å². The molecule has 1 aromatic rings. The largest absolute Gasteiger partial charge is 0.348 e. The quantitative estimate of drug-likeness (QED) is 0.830. The third-order valence-corrected chi connectivity index (χ3v) is 3.13. The second-order valence-electron chi connectivity index (χ2n) is 4.46. The van der Waals surface area contributed by atoms with E-state index < -0.39 is 0 Å². The second-order valence-corrected chi connectivity index (χ2v) is 4.46. The maximum Gasteiger partial charge on any atom is 0.236 e. The SMILES string of the molecule is CN(C)C(=O)CNC1CCc2ccccc21. The fourth-order valence-corrected chi connectivity index (χ4v) is 2.14. The van der Waals surface area contributed by atoms with Crippen molar-refractivity contribution >= 4 is 5.91 Å². The molecule has 0 bridgehead atoms. The van der Waals surface area contributed by atoms with Crippen molar-refractivity contribution < 1.29 is 4.79 Å². The summed E-state index contributed by atoms with van der Waals surface area (Å²) < 4.78 is 0. The van der Waals surface area contributed by atoms with Gasteiger partial charge in [-0.2, -0.15) is 0 Å². The summed E-state index contributed by atoms with van der Waals surface area (Å²) in [5, 5.41) is 3.33. The van der Waals surface area contributed by atoms with E-state index >= 15 is 0 Å². The van der Waals surface area contributed by atoms with Gasteiger partial charge in [0.25, 0.3) is 0 Å². The summed E-state index contributed by atoms with van der Waals surface area (Å²) in [7, 11) is 3.57. The molecule has 1 aliphatic carbocycles. The van der Waals surface area contributed by atoms with Crippen LogP contribution in [0.2, 0.25) is 0 Å². The number of nitrogens with one attached hydrogen (secondary N) is 1. The monoisotopic (exact) mass is 218 g/mol. The molecule has 0 heterocycles. The molecule has 0 fully saturated rings. The molecule has 3 nitrogen and oxygen atoms in total. The summed E-state index contributed by atoms with van der Waals surface area (Å²) in [6.45, 7) is 0.423. The van der Waals surface area contributed by atoms with Crippen molar-refractivity contribution in [2.24, 2.45) is 0 Å². The molecule has 0 spiro atoms. The van der Waals surface area contributed by atoms with E-state index in [1.54, 1.807) is 19.0 Å². The van der Waals surface area contributed by atoms with Gasteiger partial charge in [-0.3, -0.25) is 4.79 Å². The summed E-state index contributed by atoms with van der Waals surface area (Å²) in [6, 6.07) is 8.81. The highest BCUT2D eigenvalue weighted by Crippen LogP contribution is 2.30. The molecule has 0 saturated heterocycles. The first-order valence-corrected chi connectivity index (χ1v) is 5.70. The lowest BCUT2D eigenvalue weighted by atomic mass is 10.1. The zero-order valence-corrected chi connectivity index (χ0v) is 9.86. The number of benzene rings is 1. The van der Waals surface area contributed by atoms with Crippen LogP contribution in [-0.2, 0) is 11.2 Å². The molecule has 2 rings (SSSR count). The number of carbonyl (C=O) groups excluding carboxylic acids is 1. The number of hydrogen-bond acceptors (Lipinski definition) is 2. The van der Waals surface area contributed by atoms with E-state index in [-0.39, 0.29) is 5.91 Å². The Morgan fingerprint density at radius 2 is 2.19 bits per heavy atom. The topological polar surface area (TPSA) is 32.3 Å². The van der Waals surface area contributed by atoms with E-state index in [2.05, 4.69) is 29.6 Å². The van der Waals surface area contributed by atoms with Crippen LogP contribution in [0.3, 0.4) is 0 Å². The van der Waals surface area contributed by atoms with Gasteiger partial charge in [0.1, 0.15) is 0 Å². The first kappa shape index (κ1) is 11.1. The minimum Gasteiger partial charge on any atom is -0.348 e. The zero-order chi connectivity index (χ0) is 11.5. The van der Waals surface area contributed by atoms with Gasteiger partial charge in [0.05, 0.1) is 6.54 Å².